The average Bonchev–Trinajstić information content (AvgIpc) is 1.86. The first-order valence-electron chi connectivity index (χ1n) is 3.55. The summed E-state index contributed by atoms with van der Waals surface area (Å²) in [6.45, 7) is 1.99. The van der Waals surface area contributed by atoms with Gasteiger partial charge in [0.05, 0.1) is 0 Å². The smallest absolute Gasteiger partial charge is 0.187 e. The molecule has 0 atom stereocenters. The van der Waals surface area contributed by atoms with E-state index in [1.165, 1.54) is 13.0 Å². The van der Waals surface area contributed by atoms with Crippen molar-refractivity contribution in [3.05, 3.63) is 11.9 Å². The molecular formula is C8H14FNO. The molecule has 0 aromatic heterocycles. The summed E-state index contributed by atoms with van der Waals surface area (Å²) in [7, 11) is 3.80. The van der Waals surface area contributed by atoms with Crippen LogP contribution in [0.15, 0.2) is 11.9 Å². The molecule has 0 unspecified atom stereocenters. The molecule has 0 saturated carbocycles. The molecule has 0 rings (SSSR count). The Morgan fingerprint density at radius 3 is 2.45 bits per heavy atom. The van der Waals surface area contributed by atoms with Gasteiger partial charge in [0.15, 0.2) is 11.6 Å². The number of carbonyl (C=O) groups excluding carboxylic acids is 1. The number of hydrogen-bond acceptors (Lipinski definition) is 2. The fourth-order valence-corrected chi connectivity index (χ4v) is 0.593. The summed E-state index contributed by atoms with van der Waals surface area (Å²) in [5.74, 6) is -1.13. The number of ketones is 1. The van der Waals surface area contributed by atoms with E-state index < -0.39 is 11.6 Å². The van der Waals surface area contributed by atoms with Crippen molar-refractivity contribution in [2.45, 2.75) is 13.3 Å². The van der Waals surface area contributed by atoms with Crippen LogP contribution in [0.3, 0.4) is 0 Å². The predicted molar refractivity (Wildman–Crippen MR) is 43.0 cm³/mol. The van der Waals surface area contributed by atoms with Crippen molar-refractivity contribution in [2.75, 3.05) is 20.6 Å². The van der Waals surface area contributed by atoms with Crippen molar-refractivity contribution in [2.24, 2.45) is 0 Å². The molecule has 0 spiro atoms. The van der Waals surface area contributed by atoms with Crippen molar-refractivity contribution in [1.29, 1.82) is 0 Å². The van der Waals surface area contributed by atoms with E-state index in [4.69, 9.17) is 0 Å². The minimum absolute atomic E-state index is 0.497. The summed E-state index contributed by atoms with van der Waals surface area (Å²) in [5.41, 5.74) is 0. The zero-order valence-electron chi connectivity index (χ0n) is 7.22. The highest BCUT2D eigenvalue weighted by Gasteiger charge is 1.99. The second-order valence-corrected chi connectivity index (χ2v) is 2.70. The van der Waals surface area contributed by atoms with Crippen molar-refractivity contribution < 1.29 is 9.18 Å². The molecular weight excluding hydrogens is 145 g/mol. The van der Waals surface area contributed by atoms with Gasteiger partial charge in [-0.15, -0.1) is 0 Å². The summed E-state index contributed by atoms with van der Waals surface area (Å²) in [5, 5.41) is 0. The maximum atomic E-state index is 12.5. The van der Waals surface area contributed by atoms with Crippen LogP contribution in [0.1, 0.15) is 13.3 Å². The van der Waals surface area contributed by atoms with E-state index in [9.17, 15) is 9.18 Å². The lowest BCUT2D eigenvalue weighted by Gasteiger charge is -2.05. The zero-order chi connectivity index (χ0) is 8.85. The number of halogens is 1. The van der Waals surface area contributed by atoms with Gasteiger partial charge >= 0.3 is 0 Å². The number of carbonyl (C=O) groups is 1. The molecule has 0 heterocycles. The van der Waals surface area contributed by atoms with E-state index in [0.29, 0.717) is 6.42 Å². The van der Waals surface area contributed by atoms with Crippen molar-refractivity contribution in [3.63, 3.8) is 0 Å². The van der Waals surface area contributed by atoms with Gasteiger partial charge in [0.25, 0.3) is 0 Å². The largest absolute Gasteiger partial charge is 0.309 e. The van der Waals surface area contributed by atoms with Gasteiger partial charge in [-0.2, -0.15) is 0 Å². The lowest BCUT2D eigenvalue weighted by Crippen LogP contribution is -2.12. The van der Waals surface area contributed by atoms with E-state index in [1.54, 1.807) is 0 Å². The Morgan fingerprint density at radius 1 is 1.55 bits per heavy atom. The molecule has 0 aliphatic carbocycles. The van der Waals surface area contributed by atoms with E-state index in [1.807, 2.05) is 19.0 Å². The maximum Gasteiger partial charge on any atom is 0.187 e. The third-order valence-corrected chi connectivity index (χ3v) is 1.24. The number of rotatable bonds is 4. The van der Waals surface area contributed by atoms with Gasteiger partial charge in [-0.25, -0.2) is 4.39 Å². The Labute approximate surface area is 66.7 Å². The van der Waals surface area contributed by atoms with Crippen molar-refractivity contribution in [3.8, 4) is 0 Å². The summed E-state index contributed by atoms with van der Waals surface area (Å²) < 4.78 is 12.5. The van der Waals surface area contributed by atoms with E-state index in [-0.39, 0.29) is 0 Å². The van der Waals surface area contributed by atoms with Gasteiger partial charge in [0.1, 0.15) is 0 Å². The van der Waals surface area contributed by atoms with Crippen LogP contribution in [-0.4, -0.2) is 31.3 Å². The monoisotopic (exact) mass is 159 g/mol. The average molecular weight is 159 g/mol. The highest BCUT2D eigenvalue weighted by molar-refractivity contribution is 5.90. The summed E-state index contributed by atoms with van der Waals surface area (Å²) in [6.07, 6.45) is 1.90. The van der Waals surface area contributed by atoms with Gasteiger partial charge in [-0.1, -0.05) is 0 Å². The van der Waals surface area contributed by atoms with Crippen molar-refractivity contribution in [1.82, 2.24) is 4.90 Å². The molecule has 64 valence electrons. The van der Waals surface area contributed by atoms with Gasteiger partial charge in [-0.05, 0) is 26.6 Å². The van der Waals surface area contributed by atoms with Crippen LogP contribution >= 0.6 is 0 Å². The third kappa shape index (κ3) is 5.73. The Balaban J connectivity index is 3.65. The summed E-state index contributed by atoms with van der Waals surface area (Å²) in [4.78, 5) is 12.3. The second-order valence-electron chi connectivity index (χ2n) is 2.70. The lowest BCUT2D eigenvalue weighted by atomic mass is 10.3. The normalized spacial score (nSPS) is 12.3. The molecule has 0 radical (unpaired) electrons. The van der Waals surface area contributed by atoms with Gasteiger partial charge in [0.2, 0.25) is 0 Å². The predicted octanol–water partition coefficient (Wildman–Crippen LogP) is 1.38. The van der Waals surface area contributed by atoms with E-state index in [0.717, 1.165) is 6.54 Å². The van der Waals surface area contributed by atoms with Crippen molar-refractivity contribution >= 4 is 5.78 Å². The van der Waals surface area contributed by atoms with Gasteiger partial charge in [-0.3, -0.25) is 4.79 Å². The molecule has 0 aliphatic heterocycles. The Morgan fingerprint density at radius 2 is 2.09 bits per heavy atom. The van der Waals surface area contributed by atoms with Crippen LogP contribution in [0.4, 0.5) is 4.39 Å². The van der Waals surface area contributed by atoms with Crippen LogP contribution in [0.25, 0.3) is 0 Å². The van der Waals surface area contributed by atoms with E-state index in [2.05, 4.69) is 0 Å². The molecule has 0 N–H and O–H groups in total. The Kier molecular flexibility index (Phi) is 4.70. The summed E-state index contributed by atoms with van der Waals surface area (Å²) in [6, 6.07) is 0. The zero-order valence-corrected chi connectivity index (χ0v) is 7.22. The number of allylic oxidation sites excluding steroid dienone is 1. The topological polar surface area (TPSA) is 20.3 Å². The highest BCUT2D eigenvalue weighted by Crippen LogP contribution is 1.99. The van der Waals surface area contributed by atoms with Crippen LogP contribution in [0.2, 0.25) is 0 Å². The maximum absolute atomic E-state index is 12.5. The fourth-order valence-electron chi connectivity index (χ4n) is 0.593. The van der Waals surface area contributed by atoms with Crippen LogP contribution in [-0.2, 0) is 4.79 Å². The van der Waals surface area contributed by atoms with Crippen LogP contribution in [0.5, 0.6) is 0 Å². The minimum Gasteiger partial charge on any atom is -0.309 e. The SMILES string of the molecule is CC(=O)/C(F)=C/CCN(C)C. The standard InChI is InChI=1S/C8H14FNO/c1-7(11)8(9)5-4-6-10(2)3/h5H,4,6H2,1-3H3/b8-5-. The quantitative estimate of drug-likeness (QED) is 0.577. The first-order chi connectivity index (χ1) is 5.04. The Bertz CT molecular complexity index is 163. The minimum atomic E-state index is -0.633. The van der Waals surface area contributed by atoms with Gasteiger partial charge in [0, 0.05) is 13.5 Å². The molecule has 0 fully saturated rings. The molecule has 0 amide bonds. The lowest BCUT2D eigenvalue weighted by molar-refractivity contribution is -0.114. The molecule has 3 heteroatoms. The number of nitrogens with zero attached hydrogens (tertiary/aromatic N) is 1. The molecule has 0 bridgehead atoms. The fraction of sp³-hybridized carbons (Fsp3) is 0.625. The molecule has 0 aliphatic rings. The molecule has 0 aromatic carbocycles. The molecule has 0 saturated heterocycles. The molecule has 2 nitrogen and oxygen atoms in total. The first-order valence-corrected chi connectivity index (χ1v) is 3.55. The second kappa shape index (κ2) is 5.02. The molecule has 0 aromatic rings. The van der Waals surface area contributed by atoms with Crippen LogP contribution in [0, 0.1) is 0 Å². The third-order valence-electron chi connectivity index (χ3n) is 1.24. The van der Waals surface area contributed by atoms with Gasteiger partial charge < -0.3 is 4.90 Å². The molecule has 11 heavy (non-hydrogen) atoms. The number of hydrogen-bond donors (Lipinski definition) is 0. The number of Topliss-reactive ketones (excluding diaryl/α,β-unsaturated/α-hetero) is 1. The first kappa shape index (κ1) is 10.3. The Hall–Kier alpha value is -0.700. The van der Waals surface area contributed by atoms with E-state index >= 15 is 0 Å². The highest BCUT2D eigenvalue weighted by atomic mass is 19.1. The summed E-state index contributed by atoms with van der Waals surface area (Å²) >= 11 is 0. The van der Waals surface area contributed by atoms with Crippen LogP contribution < -0.4 is 0 Å².